The highest BCUT2D eigenvalue weighted by Crippen LogP contribution is 2.16. The molecule has 0 radical (unpaired) electrons. The van der Waals surface area contributed by atoms with Crippen molar-refractivity contribution in [1.82, 2.24) is 15.5 Å². The highest BCUT2D eigenvalue weighted by molar-refractivity contribution is 5.98. The second-order valence-electron chi connectivity index (χ2n) is 9.04. The summed E-state index contributed by atoms with van der Waals surface area (Å²) in [6.45, 7) is 4.29. The Bertz CT molecular complexity index is 1170. The van der Waals surface area contributed by atoms with Gasteiger partial charge in [-0.15, -0.1) is 0 Å². The predicted octanol–water partition coefficient (Wildman–Crippen LogP) is 1.59. The number of aliphatic carboxylic acids is 1. The molecule has 0 spiro atoms. The number of carboxylic acid groups (broad SMARTS) is 1. The van der Waals surface area contributed by atoms with Gasteiger partial charge >= 0.3 is 5.97 Å². The van der Waals surface area contributed by atoms with E-state index in [1.807, 2.05) is 0 Å². The molecule has 2 aromatic carbocycles. The maximum Gasteiger partial charge on any atom is 0.305 e. The number of amides is 4. The Morgan fingerprint density at radius 1 is 0.974 bits per heavy atom. The molecule has 0 aliphatic rings. The molecular formula is C27H32N4O7. The van der Waals surface area contributed by atoms with Crippen molar-refractivity contribution in [2.24, 2.45) is 5.92 Å². The molecule has 2 aromatic rings. The molecule has 0 heterocycles. The summed E-state index contributed by atoms with van der Waals surface area (Å²) in [5, 5.41) is 16.7. The van der Waals surface area contributed by atoms with Crippen LogP contribution in [0.4, 0.5) is 5.69 Å². The Balaban J connectivity index is 2.32. The summed E-state index contributed by atoms with van der Waals surface area (Å²) in [5.41, 5.74) is 1.44. The molecular weight excluding hydrogens is 492 g/mol. The topological polar surface area (TPSA) is 162 Å². The third-order valence-corrected chi connectivity index (χ3v) is 5.43. The molecule has 0 bridgehead atoms. The Kier molecular flexibility index (Phi) is 11.1. The first-order valence-electron chi connectivity index (χ1n) is 12.0. The molecule has 11 nitrogen and oxygen atoms in total. The third-order valence-electron chi connectivity index (χ3n) is 5.43. The number of hydrogen-bond donors (Lipinski definition) is 4. The Hall–Kier alpha value is -4.54. The SMILES string of the molecule is CC(=O)Nc1cccc(CN(CC(=O)NC(C=O)CC(=O)O)C(=O)C(NC(=O)c2ccccc2)C(C)C)c1. The van der Waals surface area contributed by atoms with E-state index in [4.69, 9.17) is 5.11 Å². The smallest absolute Gasteiger partial charge is 0.305 e. The highest BCUT2D eigenvalue weighted by atomic mass is 16.4. The van der Waals surface area contributed by atoms with E-state index in [0.717, 1.165) is 0 Å². The fraction of sp³-hybridized carbons (Fsp3) is 0.333. The molecule has 2 unspecified atom stereocenters. The van der Waals surface area contributed by atoms with Crippen LogP contribution in [0.5, 0.6) is 0 Å². The van der Waals surface area contributed by atoms with Crippen LogP contribution in [-0.4, -0.2) is 64.5 Å². The summed E-state index contributed by atoms with van der Waals surface area (Å²) in [5.74, 6) is -3.65. The number of nitrogens with zero attached hydrogens (tertiary/aromatic N) is 1. The van der Waals surface area contributed by atoms with Gasteiger partial charge in [-0.1, -0.05) is 44.2 Å². The van der Waals surface area contributed by atoms with Crippen LogP contribution in [0.3, 0.4) is 0 Å². The zero-order chi connectivity index (χ0) is 28.2. The molecule has 0 aliphatic carbocycles. The summed E-state index contributed by atoms with van der Waals surface area (Å²) in [6.07, 6.45) is -0.296. The lowest BCUT2D eigenvalue weighted by molar-refractivity contribution is -0.141. The average Bonchev–Trinajstić information content (AvgIpc) is 2.85. The zero-order valence-corrected chi connectivity index (χ0v) is 21.5. The largest absolute Gasteiger partial charge is 0.481 e. The van der Waals surface area contributed by atoms with Crippen LogP contribution in [0.1, 0.15) is 43.1 Å². The number of rotatable bonds is 13. The standard InChI is InChI=1S/C27H32N4O7/c1-17(2)25(30-26(37)20-9-5-4-6-10-20)27(38)31(15-23(34)29-22(16-32)13-24(35)36)14-19-8-7-11-21(12-19)28-18(3)33/h4-12,16-17,22,25H,13-15H2,1-3H3,(H,28,33)(H,29,34)(H,30,37)(H,35,36). The summed E-state index contributed by atoms with van der Waals surface area (Å²) in [6, 6.07) is 12.8. The lowest BCUT2D eigenvalue weighted by Gasteiger charge is -2.30. The van der Waals surface area contributed by atoms with E-state index in [1.165, 1.54) is 11.8 Å². The Morgan fingerprint density at radius 3 is 2.24 bits per heavy atom. The van der Waals surface area contributed by atoms with Gasteiger partial charge < -0.3 is 30.8 Å². The number of benzene rings is 2. The average molecular weight is 525 g/mol. The molecule has 4 amide bonds. The molecule has 0 aliphatic heterocycles. The number of anilines is 1. The van der Waals surface area contributed by atoms with Gasteiger partial charge in [-0.2, -0.15) is 0 Å². The van der Waals surface area contributed by atoms with Gasteiger partial charge in [-0.3, -0.25) is 24.0 Å². The molecule has 0 aromatic heterocycles. The second kappa shape index (κ2) is 14.3. The zero-order valence-electron chi connectivity index (χ0n) is 21.5. The van der Waals surface area contributed by atoms with Crippen LogP contribution in [0.15, 0.2) is 54.6 Å². The van der Waals surface area contributed by atoms with Crippen molar-refractivity contribution >= 4 is 41.6 Å². The van der Waals surface area contributed by atoms with Gasteiger partial charge in [0.15, 0.2) is 0 Å². The van der Waals surface area contributed by atoms with Crippen molar-refractivity contribution in [3.63, 3.8) is 0 Å². The third kappa shape index (κ3) is 9.49. The summed E-state index contributed by atoms with van der Waals surface area (Å²) in [7, 11) is 0. The second-order valence-corrected chi connectivity index (χ2v) is 9.04. The van der Waals surface area contributed by atoms with Crippen LogP contribution in [0.25, 0.3) is 0 Å². The number of carbonyl (C=O) groups excluding carboxylic acids is 5. The van der Waals surface area contributed by atoms with Crippen LogP contribution < -0.4 is 16.0 Å². The maximum atomic E-state index is 13.7. The van der Waals surface area contributed by atoms with Crippen molar-refractivity contribution in [3.05, 3.63) is 65.7 Å². The first kappa shape index (κ1) is 29.7. The van der Waals surface area contributed by atoms with Gasteiger partial charge in [0, 0.05) is 24.7 Å². The lowest BCUT2D eigenvalue weighted by atomic mass is 10.0. The molecule has 202 valence electrons. The summed E-state index contributed by atoms with van der Waals surface area (Å²) in [4.78, 5) is 74.1. The van der Waals surface area contributed by atoms with E-state index < -0.39 is 48.7 Å². The van der Waals surface area contributed by atoms with E-state index in [0.29, 0.717) is 23.1 Å². The summed E-state index contributed by atoms with van der Waals surface area (Å²) < 4.78 is 0. The van der Waals surface area contributed by atoms with E-state index in [9.17, 15) is 28.8 Å². The number of carbonyl (C=O) groups is 6. The van der Waals surface area contributed by atoms with E-state index in [2.05, 4.69) is 16.0 Å². The number of aldehydes is 1. The minimum Gasteiger partial charge on any atom is -0.481 e. The van der Waals surface area contributed by atoms with Crippen LogP contribution in [-0.2, 0) is 30.5 Å². The van der Waals surface area contributed by atoms with Crippen molar-refractivity contribution < 1.29 is 33.9 Å². The van der Waals surface area contributed by atoms with Crippen LogP contribution in [0.2, 0.25) is 0 Å². The van der Waals surface area contributed by atoms with Gasteiger partial charge in [0.1, 0.15) is 12.3 Å². The monoisotopic (exact) mass is 524 g/mol. The molecule has 0 saturated carbocycles. The van der Waals surface area contributed by atoms with Crippen molar-refractivity contribution in [2.45, 2.75) is 45.8 Å². The minimum atomic E-state index is -1.27. The molecule has 2 atom stereocenters. The van der Waals surface area contributed by atoms with Crippen molar-refractivity contribution in [1.29, 1.82) is 0 Å². The van der Waals surface area contributed by atoms with Gasteiger partial charge in [0.05, 0.1) is 19.0 Å². The van der Waals surface area contributed by atoms with Crippen LogP contribution >= 0.6 is 0 Å². The van der Waals surface area contributed by atoms with Gasteiger partial charge in [-0.05, 0) is 35.7 Å². The fourth-order valence-corrected chi connectivity index (χ4v) is 3.65. The van der Waals surface area contributed by atoms with Gasteiger partial charge in [0.25, 0.3) is 5.91 Å². The molecule has 2 rings (SSSR count). The normalized spacial score (nSPS) is 12.1. The first-order chi connectivity index (χ1) is 18.0. The molecule has 38 heavy (non-hydrogen) atoms. The molecule has 0 saturated heterocycles. The van der Waals surface area contributed by atoms with Gasteiger partial charge in [0.2, 0.25) is 17.7 Å². The number of hydrogen-bond acceptors (Lipinski definition) is 6. The minimum absolute atomic E-state index is 0.0607. The first-order valence-corrected chi connectivity index (χ1v) is 12.0. The summed E-state index contributed by atoms with van der Waals surface area (Å²) >= 11 is 0. The molecule has 4 N–H and O–H groups in total. The lowest BCUT2D eigenvalue weighted by Crippen LogP contribution is -2.53. The quantitative estimate of drug-likeness (QED) is 0.289. The Morgan fingerprint density at radius 2 is 1.66 bits per heavy atom. The van der Waals surface area contributed by atoms with Crippen molar-refractivity contribution in [2.75, 3.05) is 11.9 Å². The van der Waals surface area contributed by atoms with Crippen LogP contribution in [0, 0.1) is 5.92 Å². The van der Waals surface area contributed by atoms with E-state index in [1.54, 1.807) is 68.4 Å². The molecule has 0 fully saturated rings. The maximum absolute atomic E-state index is 13.7. The fourth-order valence-electron chi connectivity index (χ4n) is 3.65. The highest BCUT2D eigenvalue weighted by Gasteiger charge is 2.31. The predicted molar refractivity (Wildman–Crippen MR) is 139 cm³/mol. The van der Waals surface area contributed by atoms with E-state index in [-0.39, 0.29) is 18.4 Å². The Labute approximate surface area is 220 Å². The number of nitrogens with one attached hydrogen (secondary N) is 3. The van der Waals surface area contributed by atoms with Gasteiger partial charge in [-0.25, -0.2) is 0 Å². The molecule has 11 heteroatoms. The van der Waals surface area contributed by atoms with Crippen molar-refractivity contribution in [3.8, 4) is 0 Å². The number of carboxylic acids is 1. The van der Waals surface area contributed by atoms with E-state index >= 15 is 0 Å².